The maximum Gasteiger partial charge on any atom is 0.0962 e. The third kappa shape index (κ3) is 2.61. The van der Waals surface area contributed by atoms with E-state index in [9.17, 15) is 0 Å². The van der Waals surface area contributed by atoms with Gasteiger partial charge in [0.05, 0.1) is 18.4 Å². The van der Waals surface area contributed by atoms with Crippen LogP contribution in [0.2, 0.25) is 5.02 Å². The molecule has 0 unspecified atom stereocenters. The van der Waals surface area contributed by atoms with Gasteiger partial charge in [0.1, 0.15) is 0 Å². The molecule has 6 heteroatoms. The fourth-order valence-corrected chi connectivity index (χ4v) is 2.07. The van der Waals surface area contributed by atoms with Gasteiger partial charge in [-0.1, -0.05) is 38.8 Å². The summed E-state index contributed by atoms with van der Waals surface area (Å²) in [6.45, 7) is 0.993. The van der Waals surface area contributed by atoms with Crippen molar-refractivity contribution < 1.29 is 0 Å². The summed E-state index contributed by atoms with van der Waals surface area (Å²) in [6, 6.07) is 5.76. The Labute approximate surface area is 107 Å². The third-order valence-corrected chi connectivity index (χ3v) is 2.99. The zero-order valence-corrected chi connectivity index (χ0v) is 10.7. The van der Waals surface area contributed by atoms with E-state index in [1.807, 2.05) is 24.4 Å². The van der Waals surface area contributed by atoms with E-state index in [1.54, 1.807) is 4.68 Å². The molecule has 2 N–H and O–H groups in total. The Bertz CT molecular complexity index is 497. The highest BCUT2D eigenvalue weighted by Gasteiger charge is 2.04. The molecule has 2 rings (SSSR count). The predicted octanol–water partition coefficient (Wildman–Crippen LogP) is 2.20. The molecular formula is C10H10BrClN4. The summed E-state index contributed by atoms with van der Waals surface area (Å²) >= 11 is 9.47. The molecule has 1 aromatic carbocycles. The van der Waals surface area contributed by atoms with Gasteiger partial charge in [0.15, 0.2) is 0 Å². The summed E-state index contributed by atoms with van der Waals surface area (Å²) in [5.74, 6) is 0. The van der Waals surface area contributed by atoms with Crippen molar-refractivity contribution in [3.8, 4) is 0 Å². The van der Waals surface area contributed by atoms with Crippen LogP contribution in [0.1, 0.15) is 11.3 Å². The van der Waals surface area contributed by atoms with Crippen LogP contribution in [0.25, 0.3) is 0 Å². The molecule has 0 aliphatic heterocycles. The van der Waals surface area contributed by atoms with Crippen LogP contribution in [0, 0.1) is 0 Å². The molecule has 2 aromatic rings. The van der Waals surface area contributed by atoms with E-state index < -0.39 is 0 Å². The number of nitrogens with two attached hydrogens (primary N) is 1. The minimum absolute atomic E-state index is 0.397. The van der Waals surface area contributed by atoms with Crippen molar-refractivity contribution in [3.63, 3.8) is 0 Å². The van der Waals surface area contributed by atoms with Crippen LogP contribution in [0.4, 0.5) is 0 Å². The van der Waals surface area contributed by atoms with Crippen molar-refractivity contribution in [2.24, 2.45) is 5.73 Å². The minimum Gasteiger partial charge on any atom is -0.325 e. The van der Waals surface area contributed by atoms with Crippen molar-refractivity contribution in [1.29, 1.82) is 0 Å². The number of halogens is 2. The van der Waals surface area contributed by atoms with Gasteiger partial charge in [0.25, 0.3) is 0 Å². The van der Waals surface area contributed by atoms with Crippen molar-refractivity contribution in [2.45, 2.75) is 13.1 Å². The van der Waals surface area contributed by atoms with Crippen LogP contribution in [0.15, 0.2) is 28.9 Å². The van der Waals surface area contributed by atoms with Crippen LogP contribution in [0.3, 0.4) is 0 Å². The van der Waals surface area contributed by atoms with Crippen LogP contribution in [0.5, 0.6) is 0 Å². The molecular weight excluding hydrogens is 291 g/mol. The highest BCUT2D eigenvalue weighted by atomic mass is 79.9. The summed E-state index contributed by atoms with van der Waals surface area (Å²) in [5.41, 5.74) is 7.23. The Morgan fingerprint density at radius 1 is 1.44 bits per heavy atom. The summed E-state index contributed by atoms with van der Waals surface area (Å²) in [7, 11) is 0. The van der Waals surface area contributed by atoms with E-state index in [2.05, 4.69) is 26.2 Å². The van der Waals surface area contributed by atoms with Crippen molar-refractivity contribution in [3.05, 3.63) is 45.1 Å². The number of rotatable bonds is 3. The second-order valence-electron chi connectivity index (χ2n) is 3.35. The second kappa shape index (κ2) is 4.95. The van der Waals surface area contributed by atoms with Gasteiger partial charge in [0.2, 0.25) is 0 Å². The lowest BCUT2D eigenvalue weighted by Gasteiger charge is -2.04. The van der Waals surface area contributed by atoms with E-state index in [-0.39, 0.29) is 0 Å². The fourth-order valence-electron chi connectivity index (χ4n) is 1.33. The first-order chi connectivity index (χ1) is 7.69. The lowest BCUT2D eigenvalue weighted by atomic mass is 10.2. The first kappa shape index (κ1) is 11.6. The summed E-state index contributed by atoms with van der Waals surface area (Å²) in [5, 5.41) is 8.58. The Hall–Kier alpha value is -0.910. The maximum atomic E-state index is 6.10. The van der Waals surface area contributed by atoms with E-state index in [0.717, 1.165) is 15.7 Å². The molecule has 0 aliphatic carbocycles. The standard InChI is InChI=1S/C10H10BrClN4/c11-8-2-1-7(10(12)3-8)5-16-6-9(4-13)14-15-16/h1-3,6H,4-5,13H2. The van der Waals surface area contributed by atoms with Gasteiger partial charge in [-0.2, -0.15) is 0 Å². The molecule has 0 radical (unpaired) electrons. The average Bonchev–Trinajstić information content (AvgIpc) is 2.70. The Morgan fingerprint density at radius 2 is 2.25 bits per heavy atom. The van der Waals surface area contributed by atoms with E-state index >= 15 is 0 Å². The number of benzene rings is 1. The lowest BCUT2D eigenvalue weighted by molar-refractivity contribution is 0.649. The van der Waals surface area contributed by atoms with E-state index in [4.69, 9.17) is 17.3 Å². The Kier molecular flexibility index (Phi) is 3.58. The Balaban J connectivity index is 2.20. The molecule has 84 valence electrons. The van der Waals surface area contributed by atoms with Gasteiger partial charge < -0.3 is 5.73 Å². The molecule has 0 saturated carbocycles. The number of hydrogen-bond acceptors (Lipinski definition) is 3. The van der Waals surface area contributed by atoms with Crippen molar-refractivity contribution in [2.75, 3.05) is 0 Å². The number of hydrogen-bond donors (Lipinski definition) is 1. The predicted molar refractivity (Wildman–Crippen MR) is 66.2 cm³/mol. The summed E-state index contributed by atoms with van der Waals surface area (Å²) in [4.78, 5) is 0. The van der Waals surface area contributed by atoms with Gasteiger partial charge >= 0.3 is 0 Å². The first-order valence-corrected chi connectivity index (χ1v) is 5.89. The molecule has 1 heterocycles. The van der Waals surface area contributed by atoms with Crippen LogP contribution >= 0.6 is 27.5 Å². The van der Waals surface area contributed by atoms with Crippen LogP contribution in [-0.2, 0) is 13.1 Å². The summed E-state index contributed by atoms with van der Waals surface area (Å²) < 4.78 is 2.68. The molecule has 0 bridgehead atoms. The zero-order valence-electron chi connectivity index (χ0n) is 8.40. The molecule has 0 fully saturated rings. The first-order valence-electron chi connectivity index (χ1n) is 4.72. The van der Waals surface area contributed by atoms with E-state index in [0.29, 0.717) is 18.1 Å². The van der Waals surface area contributed by atoms with Crippen molar-refractivity contribution >= 4 is 27.5 Å². The van der Waals surface area contributed by atoms with Gasteiger partial charge in [0, 0.05) is 16.0 Å². The molecule has 0 amide bonds. The molecule has 16 heavy (non-hydrogen) atoms. The summed E-state index contributed by atoms with van der Waals surface area (Å²) in [6.07, 6.45) is 1.82. The normalized spacial score (nSPS) is 10.7. The largest absolute Gasteiger partial charge is 0.325 e. The zero-order chi connectivity index (χ0) is 11.5. The molecule has 0 aliphatic rings. The topological polar surface area (TPSA) is 56.7 Å². The molecule has 1 aromatic heterocycles. The van der Waals surface area contributed by atoms with Crippen molar-refractivity contribution in [1.82, 2.24) is 15.0 Å². The maximum absolute atomic E-state index is 6.10. The molecule has 0 spiro atoms. The smallest absolute Gasteiger partial charge is 0.0962 e. The van der Waals surface area contributed by atoms with Gasteiger partial charge in [-0.25, -0.2) is 4.68 Å². The van der Waals surface area contributed by atoms with Crippen LogP contribution in [-0.4, -0.2) is 15.0 Å². The second-order valence-corrected chi connectivity index (χ2v) is 4.67. The van der Waals surface area contributed by atoms with Crippen LogP contribution < -0.4 is 5.73 Å². The molecule has 4 nitrogen and oxygen atoms in total. The fraction of sp³-hybridized carbons (Fsp3) is 0.200. The van der Waals surface area contributed by atoms with E-state index in [1.165, 1.54) is 0 Å². The highest BCUT2D eigenvalue weighted by molar-refractivity contribution is 9.10. The number of nitrogens with zero attached hydrogens (tertiary/aromatic N) is 3. The lowest BCUT2D eigenvalue weighted by Crippen LogP contribution is -2.01. The SMILES string of the molecule is NCc1cn(Cc2ccc(Br)cc2Cl)nn1. The number of aromatic nitrogens is 3. The van der Waals surface area contributed by atoms with Gasteiger partial charge in [-0.15, -0.1) is 5.10 Å². The molecule has 0 saturated heterocycles. The monoisotopic (exact) mass is 300 g/mol. The minimum atomic E-state index is 0.397. The third-order valence-electron chi connectivity index (χ3n) is 2.14. The van der Waals surface area contributed by atoms with Gasteiger partial charge in [-0.3, -0.25) is 0 Å². The van der Waals surface area contributed by atoms with Gasteiger partial charge in [-0.05, 0) is 17.7 Å². The average molecular weight is 302 g/mol. The Morgan fingerprint density at radius 3 is 2.88 bits per heavy atom. The molecule has 0 atom stereocenters. The highest BCUT2D eigenvalue weighted by Crippen LogP contribution is 2.21. The quantitative estimate of drug-likeness (QED) is 0.945.